The van der Waals surface area contributed by atoms with Gasteiger partial charge in [0.05, 0.1) is 0 Å². The van der Waals surface area contributed by atoms with Crippen molar-refractivity contribution in [2.75, 3.05) is 6.54 Å². The van der Waals surface area contributed by atoms with Crippen LogP contribution in [0.5, 0.6) is 0 Å². The number of aromatic amines is 1. The van der Waals surface area contributed by atoms with Gasteiger partial charge in [-0.15, -0.1) is 0 Å². The quantitative estimate of drug-likeness (QED) is 0.585. The molecule has 1 aliphatic rings. The number of hydrogen-bond donors (Lipinski definition) is 3. The molecule has 2 aromatic rings. The Bertz CT molecular complexity index is 1210. The molecule has 8 heteroatoms. The predicted molar refractivity (Wildman–Crippen MR) is 137 cm³/mol. The van der Waals surface area contributed by atoms with Gasteiger partial charge < -0.3 is 20.9 Å². The smallest absolute Gasteiger partial charge is 0.251 e. The molecule has 35 heavy (non-hydrogen) atoms. The van der Waals surface area contributed by atoms with Gasteiger partial charge in [-0.2, -0.15) is 0 Å². The van der Waals surface area contributed by atoms with Crippen molar-refractivity contribution in [2.24, 2.45) is 22.5 Å². The average molecular weight is 483 g/mol. The molecular weight excluding hydrogens is 444 g/mol. The minimum atomic E-state index is -1.09. The molecular formula is C27H38N4O4. The van der Waals surface area contributed by atoms with E-state index in [4.69, 9.17) is 5.73 Å². The number of aryl methyl sites for hydroxylation is 1. The molecule has 3 amide bonds. The summed E-state index contributed by atoms with van der Waals surface area (Å²) < 4.78 is 0. The molecule has 0 spiro atoms. The number of primary amides is 1. The SMILES string of the molecule is Cc1ccc2[nH]c(=O)c(CC(NC(=O)[C@H]3N(C(=O)CC(C)(C)C)CC(C)C3(C)C)C(N)=O)cc2c1. The van der Waals surface area contributed by atoms with E-state index in [1.54, 1.807) is 11.0 Å². The van der Waals surface area contributed by atoms with Crippen molar-refractivity contribution < 1.29 is 14.4 Å². The number of pyridine rings is 1. The lowest BCUT2D eigenvalue weighted by molar-refractivity contribution is -0.142. The Labute approximate surface area is 206 Å². The summed E-state index contributed by atoms with van der Waals surface area (Å²) in [6, 6.07) is 5.57. The largest absolute Gasteiger partial charge is 0.368 e. The van der Waals surface area contributed by atoms with Crippen LogP contribution in [0.15, 0.2) is 29.1 Å². The number of rotatable bonds is 6. The van der Waals surface area contributed by atoms with E-state index in [9.17, 15) is 19.2 Å². The number of carbonyl (C=O) groups excluding carboxylic acids is 3. The Kier molecular flexibility index (Phi) is 7.16. The van der Waals surface area contributed by atoms with Crippen molar-refractivity contribution in [1.82, 2.24) is 15.2 Å². The molecule has 8 nitrogen and oxygen atoms in total. The van der Waals surface area contributed by atoms with E-state index >= 15 is 0 Å². The van der Waals surface area contributed by atoms with Gasteiger partial charge in [0.25, 0.3) is 5.56 Å². The number of nitrogens with two attached hydrogens (primary N) is 1. The van der Waals surface area contributed by atoms with Gasteiger partial charge in [0.1, 0.15) is 12.1 Å². The van der Waals surface area contributed by atoms with Crippen LogP contribution in [-0.4, -0.2) is 46.2 Å². The Hall–Kier alpha value is -3.16. The highest BCUT2D eigenvalue weighted by atomic mass is 16.2. The molecule has 1 fully saturated rings. The first-order valence-electron chi connectivity index (χ1n) is 12.1. The summed E-state index contributed by atoms with van der Waals surface area (Å²) in [6.45, 7) is 14.3. The number of nitrogens with one attached hydrogen (secondary N) is 2. The minimum Gasteiger partial charge on any atom is -0.368 e. The van der Waals surface area contributed by atoms with Gasteiger partial charge in [0.15, 0.2) is 0 Å². The third-order valence-corrected chi connectivity index (χ3v) is 7.17. The lowest BCUT2D eigenvalue weighted by Gasteiger charge is -2.34. The summed E-state index contributed by atoms with van der Waals surface area (Å²) in [5.74, 6) is -1.18. The second kappa shape index (κ2) is 9.47. The predicted octanol–water partition coefficient (Wildman–Crippen LogP) is 2.66. The second-order valence-corrected chi connectivity index (χ2v) is 11.8. The van der Waals surface area contributed by atoms with Crippen molar-refractivity contribution >= 4 is 28.6 Å². The molecule has 1 aromatic carbocycles. The molecule has 0 bridgehead atoms. The number of benzene rings is 1. The van der Waals surface area contributed by atoms with Crippen LogP contribution >= 0.6 is 0 Å². The highest BCUT2D eigenvalue weighted by Crippen LogP contribution is 2.42. The van der Waals surface area contributed by atoms with E-state index in [0.29, 0.717) is 24.0 Å². The first kappa shape index (κ1) is 26.4. The summed E-state index contributed by atoms with van der Waals surface area (Å²) in [4.78, 5) is 56.1. The molecule has 0 saturated carbocycles. The van der Waals surface area contributed by atoms with Crippen LogP contribution < -0.4 is 16.6 Å². The number of amides is 3. The fourth-order valence-corrected chi connectivity index (χ4v) is 4.80. The molecule has 4 N–H and O–H groups in total. The first-order valence-corrected chi connectivity index (χ1v) is 12.1. The van der Waals surface area contributed by atoms with Crippen LogP contribution in [0.4, 0.5) is 0 Å². The lowest BCUT2D eigenvalue weighted by Crippen LogP contribution is -2.56. The third kappa shape index (κ3) is 5.74. The van der Waals surface area contributed by atoms with E-state index in [0.717, 1.165) is 10.9 Å². The Morgan fingerprint density at radius 1 is 1.23 bits per heavy atom. The Morgan fingerprint density at radius 2 is 1.89 bits per heavy atom. The van der Waals surface area contributed by atoms with Gasteiger partial charge in [-0.05, 0) is 47.3 Å². The number of carbonyl (C=O) groups is 3. The number of nitrogens with zero attached hydrogens (tertiary/aromatic N) is 1. The summed E-state index contributed by atoms with van der Waals surface area (Å²) in [5, 5.41) is 3.59. The number of H-pyrrole nitrogens is 1. The molecule has 1 saturated heterocycles. The van der Waals surface area contributed by atoms with Gasteiger partial charge in [-0.1, -0.05) is 53.2 Å². The van der Waals surface area contributed by atoms with E-state index in [-0.39, 0.29) is 29.2 Å². The van der Waals surface area contributed by atoms with Crippen molar-refractivity contribution in [3.63, 3.8) is 0 Å². The third-order valence-electron chi connectivity index (χ3n) is 7.17. The number of aromatic nitrogens is 1. The molecule has 0 aliphatic carbocycles. The van der Waals surface area contributed by atoms with Crippen LogP contribution in [-0.2, 0) is 20.8 Å². The zero-order valence-electron chi connectivity index (χ0n) is 21.8. The van der Waals surface area contributed by atoms with Crippen LogP contribution in [0, 0.1) is 23.7 Å². The second-order valence-electron chi connectivity index (χ2n) is 11.8. The Balaban J connectivity index is 1.88. The highest BCUT2D eigenvalue weighted by molar-refractivity contribution is 5.93. The standard InChI is InChI=1S/C27H38N4O4/c1-15-8-9-19-17(10-15)11-18(24(34)29-19)12-20(23(28)33)30-25(35)22-27(6,7)16(2)14-31(22)21(32)13-26(3,4)5/h8-11,16,20,22H,12-14H2,1-7H3,(H2,28,33)(H,29,34)(H,30,35)/t16?,20?,22-/m1/s1. The van der Waals surface area contributed by atoms with Crippen molar-refractivity contribution in [1.29, 1.82) is 0 Å². The highest BCUT2D eigenvalue weighted by Gasteiger charge is 2.51. The number of fused-ring (bicyclic) bond motifs is 1. The van der Waals surface area contributed by atoms with E-state index in [2.05, 4.69) is 10.3 Å². The zero-order chi connectivity index (χ0) is 26.3. The summed E-state index contributed by atoms with van der Waals surface area (Å²) >= 11 is 0. The topological polar surface area (TPSA) is 125 Å². The van der Waals surface area contributed by atoms with Gasteiger partial charge in [0.2, 0.25) is 17.7 Å². The number of hydrogen-bond acceptors (Lipinski definition) is 4. The van der Waals surface area contributed by atoms with Crippen molar-refractivity contribution in [2.45, 2.75) is 73.4 Å². The van der Waals surface area contributed by atoms with Crippen LogP contribution in [0.2, 0.25) is 0 Å². The zero-order valence-corrected chi connectivity index (χ0v) is 21.8. The average Bonchev–Trinajstić information content (AvgIpc) is 2.96. The van der Waals surface area contributed by atoms with Crippen LogP contribution in [0.3, 0.4) is 0 Å². The molecule has 1 aliphatic heterocycles. The maximum Gasteiger partial charge on any atom is 0.251 e. The molecule has 0 radical (unpaired) electrons. The van der Waals surface area contributed by atoms with Gasteiger partial charge in [-0.25, -0.2) is 0 Å². The normalized spacial score (nSPS) is 20.6. The summed E-state index contributed by atoms with van der Waals surface area (Å²) in [7, 11) is 0. The molecule has 2 heterocycles. The van der Waals surface area contributed by atoms with Crippen molar-refractivity contribution in [3.05, 3.63) is 45.7 Å². The number of likely N-dealkylation sites (tertiary alicyclic amines) is 1. The molecule has 2 unspecified atom stereocenters. The molecule has 190 valence electrons. The fraction of sp³-hybridized carbons (Fsp3) is 0.556. The summed E-state index contributed by atoms with van der Waals surface area (Å²) in [6.07, 6.45) is 0.267. The summed E-state index contributed by atoms with van der Waals surface area (Å²) in [5.41, 5.74) is 6.67. The van der Waals surface area contributed by atoms with Crippen LogP contribution in [0.25, 0.3) is 10.9 Å². The molecule has 3 rings (SSSR count). The minimum absolute atomic E-state index is 0.0427. The maximum atomic E-state index is 13.5. The maximum absolute atomic E-state index is 13.5. The van der Waals surface area contributed by atoms with Gasteiger partial charge >= 0.3 is 0 Å². The van der Waals surface area contributed by atoms with Gasteiger partial charge in [-0.3, -0.25) is 19.2 Å². The van der Waals surface area contributed by atoms with E-state index in [1.807, 2.05) is 66.7 Å². The Morgan fingerprint density at radius 3 is 2.49 bits per heavy atom. The van der Waals surface area contributed by atoms with Crippen LogP contribution in [0.1, 0.15) is 59.1 Å². The molecule has 1 aromatic heterocycles. The lowest BCUT2D eigenvalue weighted by atomic mass is 9.77. The monoisotopic (exact) mass is 482 g/mol. The fourth-order valence-electron chi connectivity index (χ4n) is 4.80. The first-order chi connectivity index (χ1) is 16.1. The van der Waals surface area contributed by atoms with E-state index in [1.165, 1.54) is 0 Å². The van der Waals surface area contributed by atoms with E-state index < -0.39 is 29.3 Å². The van der Waals surface area contributed by atoms with Crippen molar-refractivity contribution in [3.8, 4) is 0 Å². The molecule has 3 atom stereocenters. The van der Waals surface area contributed by atoms with Gasteiger partial charge in [0, 0.05) is 30.5 Å².